The molecule has 0 bridgehead atoms. The molecule has 104 valence electrons. The van der Waals surface area contributed by atoms with Crippen LogP contribution >= 0.6 is 0 Å². The highest BCUT2D eigenvalue weighted by Crippen LogP contribution is 2.25. The number of hydrogen-bond acceptors (Lipinski definition) is 3. The van der Waals surface area contributed by atoms with Gasteiger partial charge >= 0.3 is 5.97 Å². The summed E-state index contributed by atoms with van der Waals surface area (Å²) < 4.78 is 0. The minimum Gasteiger partial charge on any atom is -0.481 e. The van der Waals surface area contributed by atoms with Gasteiger partial charge in [-0.1, -0.05) is 19.8 Å². The van der Waals surface area contributed by atoms with Gasteiger partial charge in [0.15, 0.2) is 0 Å². The summed E-state index contributed by atoms with van der Waals surface area (Å²) in [5, 5.41) is 15.1. The van der Waals surface area contributed by atoms with Crippen LogP contribution in [0.25, 0.3) is 0 Å². The van der Waals surface area contributed by atoms with E-state index in [1.165, 1.54) is 0 Å². The maximum atomic E-state index is 12.1. The lowest BCUT2D eigenvalue weighted by Gasteiger charge is -2.33. The van der Waals surface area contributed by atoms with E-state index in [0.717, 1.165) is 19.3 Å². The lowest BCUT2D eigenvalue weighted by atomic mass is 9.84. The largest absolute Gasteiger partial charge is 0.481 e. The van der Waals surface area contributed by atoms with Gasteiger partial charge in [0.05, 0.1) is 11.5 Å². The second-order valence-electron chi connectivity index (χ2n) is 5.46. The van der Waals surface area contributed by atoms with Crippen molar-refractivity contribution in [1.82, 2.24) is 10.6 Å². The SMILES string of the molecule is CCNC(C)(C)C(=O)NC1CCCCC1C(=O)O. The number of rotatable bonds is 5. The second kappa shape index (κ2) is 6.18. The Morgan fingerprint density at radius 2 is 1.89 bits per heavy atom. The third kappa shape index (κ3) is 3.70. The average molecular weight is 256 g/mol. The third-order valence-corrected chi connectivity index (χ3v) is 3.59. The van der Waals surface area contributed by atoms with E-state index in [-0.39, 0.29) is 11.9 Å². The Kier molecular flexibility index (Phi) is 5.14. The highest BCUT2D eigenvalue weighted by Gasteiger charge is 2.35. The summed E-state index contributed by atoms with van der Waals surface area (Å²) in [4.78, 5) is 23.3. The molecule has 0 aliphatic heterocycles. The van der Waals surface area contributed by atoms with E-state index in [2.05, 4.69) is 10.6 Å². The molecule has 0 aromatic carbocycles. The molecule has 5 heteroatoms. The molecule has 3 N–H and O–H groups in total. The Labute approximate surface area is 108 Å². The fourth-order valence-corrected chi connectivity index (χ4v) is 2.47. The van der Waals surface area contributed by atoms with Crippen LogP contribution in [0.4, 0.5) is 0 Å². The van der Waals surface area contributed by atoms with Gasteiger partial charge in [0.25, 0.3) is 0 Å². The Morgan fingerprint density at radius 3 is 2.44 bits per heavy atom. The van der Waals surface area contributed by atoms with Gasteiger partial charge in [-0.25, -0.2) is 0 Å². The first-order valence-electron chi connectivity index (χ1n) is 6.67. The average Bonchev–Trinajstić information content (AvgIpc) is 2.29. The Hall–Kier alpha value is -1.10. The van der Waals surface area contributed by atoms with Gasteiger partial charge in [-0.05, 0) is 33.2 Å². The molecule has 2 unspecified atom stereocenters. The first kappa shape index (κ1) is 15.0. The number of carboxylic acid groups (broad SMARTS) is 1. The quantitative estimate of drug-likeness (QED) is 0.689. The summed E-state index contributed by atoms with van der Waals surface area (Å²) in [6.45, 7) is 6.26. The van der Waals surface area contributed by atoms with Crippen molar-refractivity contribution in [3.8, 4) is 0 Å². The van der Waals surface area contributed by atoms with Gasteiger partial charge < -0.3 is 15.7 Å². The minimum absolute atomic E-state index is 0.123. The van der Waals surface area contributed by atoms with Crippen LogP contribution in [0.15, 0.2) is 0 Å². The van der Waals surface area contributed by atoms with E-state index < -0.39 is 17.4 Å². The number of likely N-dealkylation sites (N-methyl/N-ethyl adjacent to an activating group) is 1. The van der Waals surface area contributed by atoms with Crippen molar-refractivity contribution in [1.29, 1.82) is 0 Å². The van der Waals surface area contributed by atoms with Crippen molar-refractivity contribution in [2.75, 3.05) is 6.54 Å². The lowest BCUT2D eigenvalue weighted by molar-refractivity contribution is -0.144. The molecule has 0 heterocycles. The molecular weight excluding hydrogens is 232 g/mol. The summed E-state index contributed by atoms with van der Waals surface area (Å²) in [6.07, 6.45) is 3.32. The molecule has 5 nitrogen and oxygen atoms in total. The normalized spacial score (nSPS) is 24.6. The van der Waals surface area contributed by atoms with Gasteiger partial charge in [0.2, 0.25) is 5.91 Å². The van der Waals surface area contributed by atoms with E-state index in [4.69, 9.17) is 5.11 Å². The number of carboxylic acids is 1. The fourth-order valence-electron chi connectivity index (χ4n) is 2.47. The molecule has 1 amide bonds. The van der Waals surface area contributed by atoms with E-state index in [1.807, 2.05) is 20.8 Å². The monoisotopic (exact) mass is 256 g/mol. The molecule has 0 spiro atoms. The van der Waals surface area contributed by atoms with Gasteiger partial charge in [-0.2, -0.15) is 0 Å². The molecule has 0 saturated heterocycles. The molecule has 1 aliphatic rings. The zero-order valence-electron chi connectivity index (χ0n) is 11.5. The summed E-state index contributed by atoms with van der Waals surface area (Å²) in [5.41, 5.74) is -0.657. The standard InChI is InChI=1S/C13H24N2O3/c1-4-14-13(2,3)12(18)15-10-8-6-5-7-9(10)11(16)17/h9-10,14H,4-8H2,1-3H3,(H,15,18)(H,16,17). The van der Waals surface area contributed by atoms with Gasteiger partial charge in [0.1, 0.15) is 0 Å². The molecule has 18 heavy (non-hydrogen) atoms. The molecule has 2 atom stereocenters. The van der Waals surface area contributed by atoms with Crippen molar-refractivity contribution in [2.45, 2.75) is 58.0 Å². The zero-order valence-corrected chi connectivity index (χ0v) is 11.5. The van der Waals surface area contributed by atoms with Gasteiger partial charge in [-0.3, -0.25) is 9.59 Å². The maximum absolute atomic E-state index is 12.1. The van der Waals surface area contributed by atoms with E-state index in [9.17, 15) is 9.59 Å². The maximum Gasteiger partial charge on any atom is 0.308 e. The molecule has 0 aromatic rings. The van der Waals surface area contributed by atoms with Gasteiger partial charge in [-0.15, -0.1) is 0 Å². The van der Waals surface area contributed by atoms with Crippen molar-refractivity contribution >= 4 is 11.9 Å². The molecule has 1 saturated carbocycles. The second-order valence-corrected chi connectivity index (χ2v) is 5.46. The molecule has 1 aliphatic carbocycles. The van der Waals surface area contributed by atoms with Crippen LogP contribution in [0.2, 0.25) is 0 Å². The molecular formula is C13H24N2O3. The number of amides is 1. The van der Waals surface area contributed by atoms with E-state index in [1.54, 1.807) is 0 Å². The predicted molar refractivity (Wildman–Crippen MR) is 69.3 cm³/mol. The number of carbonyl (C=O) groups is 2. The van der Waals surface area contributed by atoms with Crippen molar-refractivity contribution in [2.24, 2.45) is 5.92 Å². The van der Waals surface area contributed by atoms with Gasteiger partial charge in [0, 0.05) is 6.04 Å². The third-order valence-electron chi connectivity index (χ3n) is 3.59. The van der Waals surface area contributed by atoms with E-state index in [0.29, 0.717) is 13.0 Å². The van der Waals surface area contributed by atoms with Crippen LogP contribution in [-0.2, 0) is 9.59 Å². The summed E-state index contributed by atoms with van der Waals surface area (Å²) in [5.74, 6) is -1.37. The Morgan fingerprint density at radius 1 is 1.28 bits per heavy atom. The number of aliphatic carboxylic acids is 1. The Balaban J connectivity index is 2.64. The van der Waals surface area contributed by atoms with Crippen LogP contribution in [0, 0.1) is 5.92 Å². The summed E-state index contributed by atoms with van der Waals surface area (Å²) in [6, 6.07) is -0.235. The summed E-state index contributed by atoms with van der Waals surface area (Å²) >= 11 is 0. The van der Waals surface area contributed by atoms with Crippen LogP contribution in [0.1, 0.15) is 46.5 Å². The van der Waals surface area contributed by atoms with Crippen LogP contribution < -0.4 is 10.6 Å². The molecule has 0 radical (unpaired) electrons. The predicted octanol–water partition coefficient (Wildman–Crippen LogP) is 1.13. The molecule has 0 aromatic heterocycles. The topological polar surface area (TPSA) is 78.4 Å². The molecule has 1 rings (SSSR count). The number of hydrogen-bond donors (Lipinski definition) is 3. The first-order valence-corrected chi connectivity index (χ1v) is 6.67. The van der Waals surface area contributed by atoms with Crippen molar-refractivity contribution < 1.29 is 14.7 Å². The van der Waals surface area contributed by atoms with Crippen LogP contribution in [0.3, 0.4) is 0 Å². The Bertz CT molecular complexity index is 315. The van der Waals surface area contributed by atoms with Crippen LogP contribution in [0.5, 0.6) is 0 Å². The van der Waals surface area contributed by atoms with Crippen LogP contribution in [-0.4, -0.2) is 35.1 Å². The first-order chi connectivity index (χ1) is 8.38. The zero-order chi connectivity index (χ0) is 13.8. The summed E-state index contributed by atoms with van der Waals surface area (Å²) in [7, 11) is 0. The minimum atomic E-state index is -0.804. The lowest BCUT2D eigenvalue weighted by Crippen LogP contribution is -2.57. The van der Waals surface area contributed by atoms with Crippen molar-refractivity contribution in [3.63, 3.8) is 0 Å². The molecule has 1 fully saturated rings. The highest BCUT2D eigenvalue weighted by molar-refractivity contribution is 5.86. The number of nitrogens with one attached hydrogen (secondary N) is 2. The number of carbonyl (C=O) groups excluding carboxylic acids is 1. The van der Waals surface area contributed by atoms with Crippen molar-refractivity contribution in [3.05, 3.63) is 0 Å². The highest BCUT2D eigenvalue weighted by atomic mass is 16.4. The van der Waals surface area contributed by atoms with E-state index >= 15 is 0 Å². The smallest absolute Gasteiger partial charge is 0.308 e. The fraction of sp³-hybridized carbons (Fsp3) is 0.846.